The first-order chi connectivity index (χ1) is 9.77. The van der Waals surface area contributed by atoms with Crippen molar-refractivity contribution in [3.63, 3.8) is 0 Å². The molecule has 4 nitrogen and oxygen atoms in total. The van der Waals surface area contributed by atoms with E-state index >= 15 is 0 Å². The van der Waals surface area contributed by atoms with E-state index in [1.54, 1.807) is 0 Å². The monoisotopic (exact) mass is 360 g/mol. The van der Waals surface area contributed by atoms with Gasteiger partial charge in [0.25, 0.3) is 5.91 Å². The Bertz CT molecular complexity index is 741. The predicted molar refractivity (Wildman–Crippen MR) is 74.2 cm³/mol. The van der Waals surface area contributed by atoms with E-state index in [2.05, 4.69) is 26.2 Å². The largest absolute Gasteiger partial charge is 0.416 e. The quantitative estimate of drug-likeness (QED) is 0.861. The predicted octanol–water partition coefficient (Wildman–Crippen LogP) is 3.41. The van der Waals surface area contributed by atoms with Crippen molar-refractivity contribution in [2.75, 3.05) is 5.32 Å². The topological polar surface area (TPSA) is 62.0 Å². The second-order valence-electron chi connectivity index (χ2n) is 4.10. The highest BCUT2D eigenvalue weighted by molar-refractivity contribution is 9.10. The highest BCUT2D eigenvalue weighted by Crippen LogP contribution is 2.33. The second kappa shape index (κ2) is 5.72. The Morgan fingerprint density at radius 2 is 1.95 bits per heavy atom. The molecule has 8 heteroatoms. The minimum Gasteiger partial charge on any atom is -0.367 e. The van der Waals surface area contributed by atoms with Gasteiger partial charge in [-0.1, -0.05) is 15.9 Å². The number of amides is 1. The van der Waals surface area contributed by atoms with Crippen LogP contribution in [0.25, 0.3) is 0 Å². The van der Waals surface area contributed by atoms with Gasteiger partial charge >= 0.3 is 6.18 Å². The van der Waals surface area contributed by atoms with Crippen LogP contribution in [0.2, 0.25) is 0 Å². The molecule has 2 N–H and O–H groups in total. The highest BCUT2D eigenvalue weighted by Gasteiger charge is 2.31. The molecule has 0 saturated heterocycles. The number of rotatable bonds is 2. The smallest absolute Gasteiger partial charge is 0.367 e. The van der Waals surface area contributed by atoms with Gasteiger partial charge in [0.2, 0.25) is 0 Å². The molecule has 1 aromatic carbocycles. The van der Waals surface area contributed by atoms with Crippen LogP contribution in [0.3, 0.4) is 0 Å². The molecule has 0 radical (unpaired) electrons. The zero-order chi connectivity index (χ0) is 15.6. The van der Waals surface area contributed by atoms with E-state index in [4.69, 9.17) is 0 Å². The second-order valence-corrected chi connectivity index (χ2v) is 5.02. The molecule has 0 atom stereocenters. The lowest BCUT2D eigenvalue weighted by Gasteiger charge is -2.11. The summed E-state index contributed by atoms with van der Waals surface area (Å²) >= 11 is 2.95. The summed E-state index contributed by atoms with van der Waals surface area (Å²) in [7, 11) is 0. The van der Waals surface area contributed by atoms with Crippen LogP contribution in [-0.4, -0.2) is 10.9 Å². The third-order valence-corrected chi connectivity index (χ3v) is 3.01. The first-order valence-corrected chi connectivity index (χ1v) is 6.43. The van der Waals surface area contributed by atoms with E-state index in [0.717, 1.165) is 18.2 Å². The summed E-state index contributed by atoms with van der Waals surface area (Å²) in [6.07, 6.45) is -2.01. The number of aromatic amines is 1. The highest BCUT2D eigenvalue weighted by atomic mass is 79.9. The SMILES string of the molecule is O=C(Nc1cc(Br)cc(C(F)(F)F)c1)c1c[nH]ccc1=O. The lowest BCUT2D eigenvalue weighted by molar-refractivity contribution is -0.137. The number of H-pyrrole nitrogens is 1. The Morgan fingerprint density at radius 3 is 2.57 bits per heavy atom. The fourth-order valence-corrected chi connectivity index (χ4v) is 2.11. The van der Waals surface area contributed by atoms with Gasteiger partial charge in [-0.15, -0.1) is 0 Å². The Balaban J connectivity index is 2.32. The summed E-state index contributed by atoms with van der Waals surface area (Å²) in [4.78, 5) is 25.9. The first-order valence-electron chi connectivity index (χ1n) is 5.63. The Kier molecular flexibility index (Phi) is 4.17. The molecule has 0 spiro atoms. The number of benzene rings is 1. The van der Waals surface area contributed by atoms with Crippen LogP contribution in [-0.2, 0) is 6.18 Å². The maximum Gasteiger partial charge on any atom is 0.416 e. The van der Waals surface area contributed by atoms with Gasteiger partial charge in [0, 0.05) is 28.6 Å². The van der Waals surface area contributed by atoms with E-state index in [0.29, 0.717) is 0 Å². The van der Waals surface area contributed by atoms with Crippen LogP contribution in [0.4, 0.5) is 18.9 Å². The molecule has 0 unspecified atom stereocenters. The van der Waals surface area contributed by atoms with Crippen LogP contribution < -0.4 is 10.7 Å². The van der Waals surface area contributed by atoms with Gasteiger partial charge in [0.05, 0.1) is 5.56 Å². The molecule has 0 aliphatic rings. The number of hydrogen-bond donors (Lipinski definition) is 2. The minimum absolute atomic E-state index is 0.0649. The van der Waals surface area contributed by atoms with Crippen molar-refractivity contribution < 1.29 is 18.0 Å². The van der Waals surface area contributed by atoms with Gasteiger partial charge in [0.15, 0.2) is 5.43 Å². The maximum atomic E-state index is 12.7. The fraction of sp³-hybridized carbons (Fsp3) is 0.0769. The third-order valence-electron chi connectivity index (χ3n) is 2.55. The number of halogens is 4. The van der Waals surface area contributed by atoms with Gasteiger partial charge in [0.1, 0.15) is 5.56 Å². The summed E-state index contributed by atoms with van der Waals surface area (Å²) in [6.45, 7) is 0. The number of carbonyl (C=O) groups excluding carboxylic acids is 1. The van der Waals surface area contributed by atoms with E-state index in [1.807, 2.05) is 0 Å². The van der Waals surface area contributed by atoms with Gasteiger partial charge in [-0.25, -0.2) is 0 Å². The zero-order valence-corrected chi connectivity index (χ0v) is 11.9. The summed E-state index contributed by atoms with van der Waals surface area (Å²) in [5.74, 6) is -0.789. The van der Waals surface area contributed by atoms with Crippen LogP contribution >= 0.6 is 15.9 Å². The van der Waals surface area contributed by atoms with Crippen LogP contribution in [0.5, 0.6) is 0 Å². The molecule has 0 fully saturated rings. The molecule has 0 aliphatic carbocycles. The zero-order valence-electron chi connectivity index (χ0n) is 10.3. The van der Waals surface area contributed by atoms with Gasteiger partial charge in [-0.05, 0) is 18.2 Å². The van der Waals surface area contributed by atoms with Crippen molar-refractivity contribution in [2.24, 2.45) is 0 Å². The molecule has 2 rings (SSSR count). The number of alkyl halides is 3. The summed E-state index contributed by atoms with van der Waals surface area (Å²) < 4.78 is 38.2. The molecule has 1 heterocycles. The minimum atomic E-state index is -4.53. The number of aromatic nitrogens is 1. The van der Waals surface area contributed by atoms with Crippen molar-refractivity contribution in [2.45, 2.75) is 6.18 Å². The maximum absolute atomic E-state index is 12.7. The van der Waals surface area contributed by atoms with Crippen molar-refractivity contribution in [3.05, 3.63) is 62.5 Å². The third kappa shape index (κ3) is 3.72. The standard InChI is InChI=1S/C13H8BrF3N2O2/c14-8-3-7(13(15,16)17)4-9(5-8)19-12(21)10-6-18-2-1-11(10)20/h1-6H,(H,18,20)(H,19,21). The molecule has 2 aromatic rings. The fourth-order valence-electron chi connectivity index (χ4n) is 1.62. The van der Waals surface area contributed by atoms with Crippen LogP contribution in [0.1, 0.15) is 15.9 Å². The van der Waals surface area contributed by atoms with E-state index < -0.39 is 23.1 Å². The van der Waals surface area contributed by atoms with Crippen LogP contribution in [0.15, 0.2) is 45.9 Å². The first kappa shape index (κ1) is 15.3. The average molecular weight is 361 g/mol. The normalized spacial score (nSPS) is 11.2. The van der Waals surface area contributed by atoms with Crippen LogP contribution in [0, 0.1) is 0 Å². The molecular weight excluding hydrogens is 353 g/mol. The van der Waals surface area contributed by atoms with Crippen molar-refractivity contribution >= 4 is 27.5 Å². The van der Waals surface area contributed by atoms with Crippen molar-refractivity contribution in [1.29, 1.82) is 0 Å². The molecule has 0 saturated carbocycles. The molecule has 1 amide bonds. The van der Waals surface area contributed by atoms with Gasteiger partial charge < -0.3 is 10.3 Å². The lowest BCUT2D eigenvalue weighted by Crippen LogP contribution is -2.21. The van der Waals surface area contributed by atoms with E-state index in [-0.39, 0.29) is 15.7 Å². The number of hydrogen-bond acceptors (Lipinski definition) is 2. The average Bonchev–Trinajstić information content (AvgIpc) is 2.37. The summed E-state index contributed by atoms with van der Waals surface area (Å²) in [5.41, 5.74) is -1.69. The molecule has 21 heavy (non-hydrogen) atoms. The Morgan fingerprint density at radius 1 is 1.24 bits per heavy atom. The number of nitrogens with one attached hydrogen (secondary N) is 2. The molecular formula is C13H8BrF3N2O2. The summed E-state index contributed by atoms with van der Waals surface area (Å²) in [6, 6.07) is 4.14. The van der Waals surface area contributed by atoms with E-state index in [9.17, 15) is 22.8 Å². The number of anilines is 1. The van der Waals surface area contributed by atoms with E-state index in [1.165, 1.54) is 18.5 Å². The molecule has 0 aliphatic heterocycles. The van der Waals surface area contributed by atoms with Crippen molar-refractivity contribution in [1.82, 2.24) is 4.98 Å². The number of pyridine rings is 1. The Labute approximate surface area is 125 Å². The Hall–Kier alpha value is -2.09. The lowest BCUT2D eigenvalue weighted by atomic mass is 10.2. The van der Waals surface area contributed by atoms with Gasteiger partial charge in [-0.2, -0.15) is 13.2 Å². The number of carbonyl (C=O) groups is 1. The molecule has 110 valence electrons. The molecule has 1 aromatic heterocycles. The molecule has 0 bridgehead atoms. The van der Waals surface area contributed by atoms with Gasteiger partial charge in [-0.3, -0.25) is 9.59 Å². The van der Waals surface area contributed by atoms with Crippen molar-refractivity contribution in [3.8, 4) is 0 Å². The summed E-state index contributed by atoms with van der Waals surface area (Å²) in [5, 5.41) is 2.26.